The molecule has 0 saturated carbocycles. The second-order valence-corrected chi connectivity index (χ2v) is 8.11. The zero-order chi connectivity index (χ0) is 22.1. The van der Waals surface area contributed by atoms with E-state index in [1.807, 2.05) is 13.0 Å². The Labute approximate surface area is 185 Å². The van der Waals surface area contributed by atoms with Gasteiger partial charge < -0.3 is 15.0 Å². The number of amides is 1. The van der Waals surface area contributed by atoms with Gasteiger partial charge in [0.25, 0.3) is 0 Å². The lowest BCUT2D eigenvalue weighted by molar-refractivity contribution is -0.121. The number of hydrogen-bond acceptors (Lipinski definition) is 4. The lowest BCUT2D eigenvalue weighted by atomic mass is 9.97. The van der Waals surface area contributed by atoms with Crippen LogP contribution in [0.15, 0.2) is 42.5 Å². The summed E-state index contributed by atoms with van der Waals surface area (Å²) in [5.74, 6) is 0.565. The maximum Gasteiger partial charge on any atom is 0.225 e. The van der Waals surface area contributed by atoms with E-state index in [-0.39, 0.29) is 18.4 Å². The molecule has 31 heavy (non-hydrogen) atoms. The van der Waals surface area contributed by atoms with E-state index < -0.39 is 0 Å². The van der Waals surface area contributed by atoms with Gasteiger partial charge in [0.1, 0.15) is 12.0 Å². The topological polar surface area (TPSA) is 58.6 Å². The molecule has 0 bridgehead atoms. The number of para-hydroxylation sites is 1. The fourth-order valence-electron chi connectivity index (χ4n) is 4.30. The molecule has 0 aromatic heterocycles. The van der Waals surface area contributed by atoms with E-state index in [1.165, 1.54) is 30.5 Å². The molecule has 2 aromatic rings. The highest BCUT2D eigenvalue weighted by atomic mass is 16.5. The van der Waals surface area contributed by atoms with E-state index in [9.17, 15) is 9.59 Å². The van der Waals surface area contributed by atoms with Crippen molar-refractivity contribution >= 4 is 17.9 Å². The molecule has 166 valence electrons. The van der Waals surface area contributed by atoms with Crippen molar-refractivity contribution in [2.24, 2.45) is 0 Å². The van der Waals surface area contributed by atoms with Crippen molar-refractivity contribution in [2.45, 2.75) is 58.4 Å². The average Bonchev–Trinajstić information content (AvgIpc) is 2.80. The number of piperidine rings is 1. The van der Waals surface area contributed by atoms with Gasteiger partial charge in [-0.15, -0.1) is 0 Å². The van der Waals surface area contributed by atoms with E-state index in [4.69, 9.17) is 4.74 Å². The van der Waals surface area contributed by atoms with Crippen LogP contribution in [0.1, 0.15) is 73.5 Å². The third kappa shape index (κ3) is 6.09. The Balaban J connectivity index is 1.78. The minimum atomic E-state index is -0.0355. The molecule has 1 aliphatic rings. The second kappa shape index (κ2) is 11.5. The smallest absolute Gasteiger partial charge is 0.225 e. The third-order valence-corrected chi connectivity index (χ3v) is 5.80. The van der Waals surface area contributed by atoms with E-state index in [0.717, 1.165) is 37.8 Å². The molecule has 1 atom stereocenters. The molecule has 1 amide bonds. The fraction of sp³-hybridized carbons (Fsp3) is 0.462. The summed E-state index contributed by atoms with van der Waals surface area (Å²) in [6.07, 6.45) is 6.61. The maximum atomic E-state index is 13.0. The normalized spacial score (nSPS) is 14.7. The van der Waals surface area contributed by atoms with Gasteiger partial charge in [-0.2, -0.15) is 0 Å². The highest BCUT2D eigenvalue weighted by Gasteiger charge is 2.21. The van der Waals surface area contributed by atoms with Crippen molar-refractivity contribution < 1.29 is 14.3 Å². The van der Waals surface area contributed by atoms with Gasteiger partial charge >= 0.3 is 0 Å². The van der Waals surface area contributed by atoms with Crippen molar-refractivity contribution in [3.8, 4) is 5.75 Å². The number of ether oxygens (including phenoxy) is 1. The summed E-state index contributed by atoms with van der Waals surface area (Å²) >= 11 is 0. The predicted octanol–water partition coefficient (Wildman–Crippen LogP) is 5.09. The molecular weight excluding hydrogens is 388 g/mol. The maximum absolute atomic E-state index is 13.0. The first-order chi connectivity index (χ1) is 15.2. The summed E-state index contributed by atoms with van der Waals surface area (Å²) in [4.78, 5) is 26.6. The Kier molecular flexibility index (Phi) is 8.51. The standard InChI is InChI=1S/C26H34N2O3/c1-3-10-23(22-11-6-7-12-24(22)28-15-8-5-9-16-28)27-26(30)18-21-14-13-20(19-29)17-25(21)31-4-2/h6-7,11-14,17,19,23H,3-5,8-10,15-16,18H2,1-2H3,(H,27,30). The first kappa shape index (κ1) is 22.9. The molecule has 3 rings (SSSR count). The Bertz CT molecular complexity index is 875. The Hall–Kier alpha value is -2.82. The summed E-state index contributed by atoms with van der Waals surface area (Å²) in [7, 11) is 0. The number of aldehydes is 1. The lowest BCUT2D eigenvalue weighted by Crippen LogP contribution is -2.34. The second-order valence-electron chi connectivity index (χ2n) is 8.11. The van der Waals surface area contributed by atoms with Crippen molar-refractivity contribution in [2.75, 3.05) is 24.6 Å². The minimum Gasteiger partial charge on any atom is -0.494 e. The van der Waals surface area contributed by atoms with Gasteiger partial charge in [0.05, 0.1) is 19.1 Å². The SMILES string of the molecule is CCCC(NC(=O)Cc1ccc(C=O)cc1OCC)c1ccccc1N1CCCCC1. The van der Waals surface area contributed by atoms with Crippen LogP contribution in [0.2, 0.25) is 0 Å². The van der Waals surface area contributed by atoms with Crippen LogP contribution in [-0.2, 0) is 11.2 Å². The van der Waals surface area contributed by atoms with Gasteiger partial charge in [0.2, 0.25) is 5.91 Å². The van der Waals surface area contributed by atoms with Gasteiger partial charge in [0, 0.05) is 29.9 Å². The number of rotatable bonds is 10. The number of anilines is 1. The van der Waals surface area contributed by atoms with Crippen LogP contribution in [-0.4, -0.2) is 31.9 Å². The molecule has 5 nitrogen and oxygen atoms in total. The van der Waals surface area contributed by atoms with Gasteiger partial charge in [-0.1, -0.05) is 43.7 Å². The molecule has 0 radical (unpaired) electrons. The molecule has 0 aliphatic carbocycles. The van der Waals surface area contributed by atoms with Crippen molar-refractivity contribution in [1.29, 1.82) is 0 Å². The summed E-state index contributed by atoms with van der Waals surface area (Å²) in [6.45, 7) is 6.67. The first-order valence-electron chi connectivity index (χ1n) is 11.5. The van der Waals surface area contributed by atoms with Crippen LogP contribution >= 0.6 is 0 Å². The molecular formula is C26H34N2O3. The van der Waals surface area contributed by atoms with E-state index in [0.29, 0.717) is 17.9 Å². The Morgan fingerprint density at radius 3 is 2.61 bits per heavy atom. The molecule has 1 heterocycles. The monoisotopic (exact) mass is 422 g/mol. The van der Waals surface area contributed by atoms with Gasteiger partial charge in [-0.05, 0) is 50.3 Å². The van der Waals surface area contributed by atoms with Gasteiger partial charge in [-0.25, -0.2) is 0 Å². The molecule has 1 fully saturated rings. The van der Waals surface area contributed by atoms with E-state index >= 15 is 0 Å². The lowest BCUT2D eigenvalue weighted by Gasteiger charge is -2.33. The molecule has 1 unspecified atom stereocenters. The van der Waals surface area contributed by atoms with E-state index in [2.05, 4.69) is 41.4 Å². The summed E-state index contributed by atoms with van der Waals surface area (Å²) in [5, 5.41) is 3.27. The van der Waals surface area contributed by atoms with Crippen LogP contribution in [0.25, 0.3) is 0 Å². The van der Waals surface area contributed by atoms with Crippen molar-refractivity contribution in [3.05, 3.63) is 59.2 Å². The number of nitrogens with zero attached hydrogens (tertiary/aromatic N) is 1. The van der Waals surface area contributed by atoms with Crippen LogP contribution in [0, 0.1) is 0 Å². The number of nitrogens with one attached hydrogen (secondary N) is 1. The zero-order valence-corrected chi connectivity index (χ0v) is 18.7. The molecule has 1 aliphatic heterocycles. The van der Waals surface area contributed by atoms with Gasteiger partial charge in [0.15, 0.2) is 0 Å². The number of carbonyl (C=O) groups excluding carboxylic acids is 2. The fourth-order valence-corrected chi connectivity index (χ4v) is 4.30. The number of carbonyl (C=O) groups is 2. The summed E-state index contributed by atoms with van der Waals surface area (Å²) < 4.78 is 5.67. The predicted molar refractivity (Wildman–Crippen MR) is 125 cm³/mol. The number of benzene rings is 2. The Morgan fingerprint density at radius 1 is 1.13 bits per heavy atom. The summed E-state index contributed by atoms with van der Waals surface area (Å²) in [5.41, 5.74) is 3.78. The van der Waals surface area contributed by atoms with Crippen LogP contribution in [0.4, 0.5) is 5.69 Å². The van der Waals surface area contributed by atoms with Crippen LogP contribution in [0.3, 0.4) is 0 Å². The highest BCUT2D eigenvalue weighted by Crippen LogP contribution is 2.31. The Morgan fingerprint density at radius 2 is 1.90 bits per heavy atom. The molecule has 0 spiro atoms. The molecule has 1 N–H and O–H groups in total. The zero-order valence-electron chi connectivity index (χ0n) is 18.7. The largest absolute Gasteiger partial charge is 0.494 e. The molecule has 5 heteroatoms. The summed E-state index contributed by atoms with van der Waals surface area (Å²) in [6, 6.07) is 13.7. The highest BCUT2D eigenvalue weighted by molar-refractivity contribution is 5.81. The number of hydrogen-bond donors (Lipinski definition) is 1. The van der Waals surface area contributed by atoms with E-state index in [1.54, 1.807) is 12.1 Å². The quantitative estimate of drug-likeness (QED) is 0.542. The van der Waals surface area contributed by atoms with Crippen molar-refractivity contribution in [3.63, 3.8) is 0 Å². The molecule has 1 saturated heterocycles. The van der Waals surface area contributed by atoms with Crippen LogP contribution in [0.5, 0.6) is 5.75 Å². The third-order valence-electron chi connectivity index (χ3n) is 5.80. The average molecular weight is 423 g/mol. The van der Waals surface area contributed by atoms with Gasteiger partial charge in [-0.3, -0.25) is 9.59 Å². The first-order valence-corrected chi connectivity index (χ1v) is 11.5. The minimum absolute atomic E-state index is 0.0274. The van der Waals surface area contributed by atoms with Crippen LogP contribution < -0.4 is 15.0 Å². The van der Waals surface area contributed by atoms with Crippen molar-refractivity contribution in [1.82, 2.24) is 5.32 Å². The molecule has 2 aromatic carbocycles.